The lowest BCUT2D eigenvalue weighted by Gasteiger charge is -2.29. The molecule has 2 heterocycles. The normalized spacial score (nSPS) is 14.3. The van der Waals surface area contributed by atoms with Crippen LogP contribution in [0.3, 0.4) is 0 Å². The Bertz CT molecular complexity index is 982. The van der Waals surface area contributed by atoms with Gasteiger partial charge in [-0.25, -0.2) is 0 Å². The van der Waals surface area contributed by atoms with Gasteiger partial charge in [0.2, 0.25) is 5.88 Å². The number of pyridine rings is 1. The molecule has 0 amide bonds. The summed E-state index contributed by atoms with van der Waals surface area (Å²) in [6.07, 6.45) is 0. The van der Waals surface area contributed by atoms with Crippen LogP contribution in [0.4, 0.5) is 11.5 Å². The molecule has 0 spiro atoms. The van der Waals surface area contributed by atoms with Gasteiger partial charge < -0.3 is 20.9 Å². The number of aromatic nitrogens is 1. The molecule has 0 saturated carbocycles. The Kier molecular flexibility index (Phi) is 3.77. The number of nitrogens with zero attached hydrogens (tertiary/aromatic N) is 4. The van der Waals surface area contributed by atoms with Crippen LogP contribution in [0.15, 0.2) is 18.2 Å². The summed E-state index contributed by atoms with van der Waals surface area (Å²) in [4.78, 5) is 4.09. The van der Waals surface area contributed by atoms with E-state index in [4.69, 9.17) is 20.9 Å². The van der Waals surface area contributed by atoms with E-state index < -0.39 is 11.8 Å². The van der Waals surface area contributed by atoms with Crippen molar-refractivity contribution in [3.05, 3.63) is 34.9 Å². The van der Waals surface area contributed by atoms with Gasteiger partial charge in [-0.2, -0.15) is 20.8 Å². The van der Waals surface area contributed by atoms with Crippen LogP contribution in [0.25, 0.3) is 0 Å². The van der Waals surface area contributed by atoms with E-state index in [2.05, 4.69) is 4.98 Å². The molecule has 25 heavy (non-hydrogen) atoms. The average Bonchev–Trinajstić information content (AvgIpc) is 2.61. The highest BCUT2D eigenvalue weighted by Gasteiger charge is 2.38. The Balaban J connectivity index is 2.33. The van der Waals surface area contributed by atoms with Crippen molar-refractivity contribution in [2.45, 2.75) is 5.92 Å². The summed E-state index contributed by atoms with van der Waals surface area (Å²) in [6.45, 7) is 0. The van der Waals surface area contributed by atoms with Crippen LogP contribution in [0.2, 0.25) is 0 Å². The molecule has 1 aliphatic rings. The zero-order valence-electron chi connectivity index (χ0n) is 13.1. The standard InChI is InChI=1S/C17H12N6O2/c1-24-9-2-3-10-12(4-9)25-17-14(13(10)8(5-18)6-19)15(21)11(7-20)16(22)23-17/h2-4,8,13H,1H3,(H4,21,22,23). The highest BCUT2D eigenvalue weighted by molar-refractivity contribution is 5.74. The molecule has 0 aliphatic carbocycles. The minimum atomic E-state index is -1.05. The van der Waals surface area contributed by atoms with Crippen LogP contribution in [-0.4, -0.2) is 12.1 Å². The fraction of sp³-hybridized carbons (Fsp3) is 0.176. The maximum Gasteiger partial charge on any atom is 0.227 e. The van der Waals surface area contributed by atoms with E-state index in [1.54, 1.807) is 18.2 Å². The van der Waals surface area contributed by atoms with E-state index in [9.17, 15) is 15.8 Å². The summed E-state index contributed by atoms with van der Waals surface area (Å²) < 4.78 is 10.9. The molecule has 4 N–H and O–H groups in total. The molecule has 8 heteroatoms. The van der Waals surface area contributed by atoms with Gasteiger partial charge in [-0.1, -0.05) is 6.07 Å². The van der Waals surface area contributed by atoms with Crippen LogP contribution >= 0.6 is 0 Å². The monoisotopic (exact) mass is 332 g/mol. The fourth-order valence-corrected chi connectivity index (χ4v) is 2.88. The number of rotatable bonds is 2. The summed E-state index contributed by atoms with van der Waals surface area (Å²) >= 11 is 0. The van der Waals surface area contributed by atoms with Crippen molar-refractivity contribution in [3.8, 4) is 35.6 Å². The minimum Gasteiger partial charge on any atom is -0.497 e. The molecule has 0 saturated heterocycles. The quantitative estimate of drug-likeness (QED) is 0.846. The number of nitriles is 3. The first-order valence-corrected chi connectivity index (χ1v) is 7.19. The van der Waals surface area contributed by atoms with Gasteiger partial charge >= 0.3 is 0 Å². The van der Waals surface area contributed by atoms with Crippen LogP contribution in [-0.2, 0) is 0 Å². The molecule has 2 aromatic rings. The van der Waals surface area contributed by atoms with Crippen molar-refractivity contribution in [3.63, 3.8) is 0 Å². The smallest absolute Gasteiger partial charge is 0.227 e. The number of methoxy groups -OCH3 is 1. The van der Waals surface area contributed by atoms with E-state index >= 15 is 0 Å². The molecule has 8 nitrogen and oxygen atoms in total. The zero-order valence-corrected chi connectivity index (χ0v) is 13.1. The largest absolute Gasteiger partial charge is 0.497 e. The lowest BCUT2D eigenvalue weighted by Crippen LogP contribution is -2.21. The van der Waals surface area contributed by atoms with Crippen molar-refractivity contribution < 1.29 is 9.47 Å². The van der Waals surface area contributed by atoms with E-state index in [1.807, 2.05) is 18.2 Å². The van der Waals surface area contributed by atoms with E-state index in [0.717, 1.165) is 0 Å². The molecule has 3 rings (SSSR count). The van der Waals surface area contributed by atoms with Gasteiger partial charge in [0.1, 0.15) is 34.9 Å². The number of benzene rings is 1. The fourth-order valence-electron chi connectivity index (χ4n) is 2.88. The van der Waals surface area contributed by atoms with Crippen LogP contribution in [0.1, 0.15) is 22.6 Å². The van der Waals surface area contributed by atoms with Crippen LogP contribution in [0, 0.1) is 39.9 Å². The number of anilines is 2. The number of hydrogen-bond donors (Lipinski definition) is 2. The third-order valence-corrected chi connectivity index (χ3v) is 4.06. The molecular formula is C17H12N6O2. The Morgan fingerprint density at radius 3 is 2.56 bits per heavy atom. The molecule has 0 radical (unpaired) electrons. The Labute approximate surface area is 143 Å². The summed E-state index contributed by atoms with van der Waals surface area (Å²) in [6, 6.07) is 10.8. The van der Waals surface area contributed by atoms with Crippen molar-refractivity contribution >= 4 is 11.5 Å². The topological polar surface area (TPSA) is 155 Å². The van der Waals surface area contributed by atoms with Crippen molar-refractivity contribution in [2.24, 2.45) is 5.92 Å². The Morgan fingerprint density at radius 1 is 1.24 bits per heavy atom. The Hall–Kier alpha value is -3.96. The predicted octanol–water partition coefficient (Wildman–Crippen LogP) is 2.03. The number of ether oxygens (including phenoxy) is 2. The lowest BCUT2D eigenvalue weighted by atomic mass is 9.79. The molecule has 1 unspecified atom stereocenters. The first kappa shape index (κ1) is 15.9. The minimum absolute atomic E-state index is 0.000980. The van der Waals surface area contributed by atoms with Crippen molar-refractivity contribution in [1.29, 1.82) is 15.8 Å². The zero-order chi connectivity index (χ0) is 18.1. The first-order valence-electron chi connectivity index (χ1n) is 7.19. The van der Waals surface area contributed by atoms with Gasteiger partial charge in [0.25, 0.3) is 0 Å². The highest BCUT2D eigenvalue weighted by Crippen LogP contribution is 2.50. The van der Waals surface area contributed by atoms with Crippen LogP contribution < -0.4 is 20.9 Å². The molecule has 0 bridgehead atoms. The third kappa shape index (κ3) is 2.32. The molecule has 1 atom stereocenters. The van der Waals surface area contributed by atoms with E-state index in [0.29, 0.717) is 22.6 Å². The molecule has 1 aliphatic heterocycles. The van der Waals surface area contributed by atoms with Crippen LogP contribution in [0.5, 0.6) is 17.4 Å². The lowest BCUT2D eigenvalue weighted by molar-refractivity contribution is 0.396. The third-order valence-electron chi connectivity index (χ3n) is 4.06. The Morgan fingerprint density at radius 2 is 1.96 bits per heavy atom. The van der Waals surface area contributed by atoms with Gasteiger partial charge in [-0.3, -0.25) is 0 Å². The number of nitrogen functional groups attached to an aromatic ring is 2. The van der Waals surface area contributed by atoms with Gasteiger partial charge in [0, 0.05) is 23.1 Å². The van der Waals surface area contributed by atoms with E-state index in [1.165, 1.54) is 7.11 Å². The van der Waals surface area contributed by atoms with Crippen molar-refractivity contribution in [2.75, 3.05) is 18.6 Å². The van der Waals surface area contributed by atoms with Gasteiger partial charge in [-0.05, 0) is 6.07 Å². The van der Waals surface area contributed by atoms with Crippen molar-refractivity contribution in [1.82, 2.24) is 4.98 Å². The highest BCUT2D eigenvalue weighted by atomic mass is 16.5. The summed E-state index contributed by atoms with van der Waals surface area (Å²) in [7, 11) is 1.51. The second-order valence-electron chi connectivity index (χ2n) is 5.34. The predicted molar refractivity (Wildman–Crippen MR) is 87.4 cm³/mol. The maximum atomic E-state index is 9.41. The summed E-state index contributed by atoms with van der Waals surface area (Å²) in [5.41, 5.74) is 12.8. The summed E-state index contributed by atoms with van der Waals surface area (Å²) in [5, 5.41) is 28.1. The van der Waals surface area contributed by atoms with E-state index in [-0.39, 0.29) is 22.9 Å². The number of nitrogens with two attached hydrogens (primary N) is 2. The van der Waals surface area contributed by atoms with Gasteiger partial charge in [0.15, 0.2) is 0 Å². The second-order valence-corrected chi connectivity index (χ2v) is 5.34. The second kappa shape index (κ2) is 5.92. The number of hydrogen-bond acceptors (Lipinski definition) is 8. The van der Waals surface area contributed by atoms with Gasteiger partial charge in [-0.15, -0.1) is 0 Å². The first-order chi connectivity index (χ1) is 12.0. The molecular weight excluding hydrogens is 320 g/mol. The molecule has 1 aromatic carbocycles. The molecule has 1 aromatic heterocycles. The maximum absolute atomic E-state index is 9.41. The SMILES string of the molecule is COc1ccc2c(c1)Oc1nc(N)c(C#N)c(N)c1C2C(C#N)C#N. The summed E-state index contributed by atoms with van der Waals surface area (Å²) in [5.74, 6) is -0.831. The molecule has 122 valence electrons. The number of fused-ring (bicyclic) bond motifs is 2. The average molecular weight is 332 g/mol. The molecule has 0 fully saturated rings. The van der Waals surface area contributed by atoms with Gasteiger partial charge in [0.05, 0.1) is 24.9 Å².